The SMILES string of the molecule is CCc1ncc(COCCCCN2CCN(c3cccc(Cl)c3Cl)CC2)[nH]1. The number of hydrogen-bond donors (Lipinski definition) is 1. The predicted molar refractivity (Wildman–Crippen MR) is 112 cm³/mol. The third kappa shape index (κ3) is 5.85. The molecule has 1 aliphatic rings. The lowest BCUT2D eigenvalue weighted by molar-refractivity contribution is 0.111. The Bertz CT molecular complexity index is 714. The number of imidazole rings is 1. The van der Waals surface area contributed by atoms with Crippen molar-refractivity contribution in [3.63, 3.8) is 0 Å². The van der Waals surface area contributed by atoms with Crippen LogP contribution in [0.5, 0.6) is 0 Å². The van der Waals surface area contributed by atoms with Gasteiger partial charge in [0, 0.05) is 39.2 Å². The molecule has 1 saturated heterocycles. The van der Waals surface area contributed by atoms with Crippen molar-refractivity contribution in [2.45, 2.75) is 32.8 Å². The Morgan fingerprint density at radius 1 is 1.15 bits per heavy atom. The highest BCUT2D eigenvalue weighted by atomic mass is 35.5. The van der Waals surface area contributed by atoms with Gasteiger partial charge in [-0.05, 0) is 31.5 Å². The molecule has 5 nitrogen and oxygen atoms in total. The van der Waals surface area contributed by atoms with E-state index in [0.29, 0.717) is 16.7 Å². The van der Waals surface area contributed by atoms with E-state index >= 15 is 0 Å². The zero-order valence-electron chi connectivity index (χ0n) is 15.9. The van der Waals surface area contributed by atoms with Crippen LogP contribution in [-0.4, -0.2) is 54.2 Å². The zero-order chi connectivity index (χ0) is 19.1. The lowest BCUT2D eigenvalue weighted by Crippen LogP contribution is -2.46. The number of aromatic nitrogens is 2. The molecule has 1 aromatic carbocycles. The molecule has 0 aliphatic carbocycles. The Morgan fingerprint density at radius 2 is 1.96 bits per heavy atom. The van der Waals surface area contributed by atoms with Gasteiger partial charge in [0.25, 0.3) is 0 Å². The topological polar surface area (TPSA) is 44.4 Å². The molecule has 1 fully saturated rings. The summed E-state index contributed by atoms with van der Waals surface area (Å²) < 4.78 is 5.74. The fraction of sp³-hybridized carbons (Fsp3) is 0.550. The molecule has 3 rings (SSSR count). The first-order chi connectivity index (χ1) is 13.2. The number of aromatic amines is 1. The Morgan fingerprint density at radius 3 is 2.70 bits per heavy atom. The van der Waals surface area contributed by atoms with Crippen LogP contribution in [0, 0.1) is 0 Å². The van der Waals surface area contributed by atoms with Gasteiger partial charge in [0.2, 0.25) is 0 Å². The lowest BCUT2D eigenvalue weighted by atomic mass is 10.2. The number of unbranched alkanes of at least 4 members (excludes halogenated alkanes) is 1. The Labute approximate surface area is 171 Å². The molecule has 1 aromatic heterocycles. The van der Waals surface area contributed by atoms with Crippen molar-refractivity contribution in [1.82, 2.24) is 14.9 Å². The summed E-state index contributed by atoms with van der Waals surface area (Å²) in [5.41, 5.74) is 2.10. The van der Waals surface area contributed by atoms with E-state index in [1.54, 1.807) is 0 Å². The highest BCUT2D eigenvalue weighted by Crippen LogP contribution is 2.32. The molecule has 0 radical (unpaired) electrons. The molecule has 0 unspecified atom stereocenters. The van der Waals surface area contributed by atoms with Crippen LogP contribution in [0.4, 0.5) is 5.69 Å². The van der Waals surface area contributed by atoms with Gasteiger partial charge in [-0.1, -0.05) is 36.2 Å². The number of nitrogens with one attached hydrogen (secondary N) is 1. The molecule has 0 bridgehead atoms. The van der Waals surface area contributed by atoms with Crippen molar-refractivity contribution < 1.29 is 4.74 Å². The quantitative estimate of drug-likeness (QED) is 0.622. The van der Waals surface area contributed by atoms with Gasteiger partial charge in [-0.25, -0.2) is 4.98 Å². The van der Waals surface area contributed by atoms with Gasteiger partial charge in [-0.15, -0.1) is 0 Å². The fourth-order valence-electron chi connectivity index (χ4n) is 3.33. The maximum absolute atomic E-state index is 6.34. The van der Waals surface area contributed by atoms with E-state index < -0.39 is 0 Å². The molecule has 1 aliphatic heterocycles. The second-order valence-corrected chi connectivity index (χ2v) is 7.66. The Hall–Kier alpha value is -1.27. The van der Waals surface area contributed by atoms with Crippen LogP contribution in [0.15, 0.2) is 24.4 Å². The maximum Gasteiger partial charge on any atom is 0.106 e. The Kier molecular flexibility index (Phi) is 7.82. The molecule has 2 aromatic rings. The minimum Gasteiger partial charge on any atom is -0.375 e. The molecule has 27 heavy (non-hydrogen) atoms. The number of halogens is 2. The van der Waals surface area contributed by atoms with Gasteiger partial charge < -0.3 is 14.6 Å². The lowest BCUT2D eigenvalue weighted by Gasteiger charge is -2.36. The molecule has 148 valence electrons. The van der Waals surface area contributed by atoms with Crippen LogP contribution >= 0.6 is 23.2 Å². The van der Waals surface area contributed by atoms with E-state index in [9.17, 15) is 0 Å². The number of rotatable bonds is 9. The number of nitrogens with zero attached hydrogens (tertiary/aromatic N) is 3. The second kappa shape index (κ2) is 10.3. The average Bonchev–Trinajstić information content (AvgIpc) is 3.15. The van der Waals surface area contributed by atoms with Crippen LogP contribution in [0.25, 0.3) is 0 Å². The third-order valence-corrected chi connectivity index (χ3v) is 5.74. The summed E-state index contributed by atoms with van der Waals surface area (Å²) in [4.78, 5) is 12.4. The molecule has 0 atom stereocenters. The molecular weight excluding hydrogens is 383 g/mol. The molecule has 7 heteroatoms. The van der Waals surface area contributed by atoms with Crippen molar-refractivity contribution >= 4 is 28.9 Å². The minimum atomic E-state index is 0.617. The van der Waals surface area contributed by atoms with E-state index in [1.165, 1.54) is 0 Å². The summed E-state index contributed by atoms with van der Waals surface area (Å²) in [5, 5.41) is 1.28. The van der Waals surface area contributed by atoms with Crippen LogP contribution in [0.1, 0.15) is 31.3 Å². The molecule has 0 spiro atoms. The molecule has 0 saturated carbocycles. The van der Waals surface area contributed by atoms with Gasteiger partial charge >= 0.3 is 0 Å². The molecule has 0 amide bonds. The highest BCUT2D eigenvalue weighted by Gasteiger charge is 2.19. The summed E-state index contributed by atoms with van der Waals surface area (Å²) in [5.74, 6) is 1.02. The standard InChI is InChI=1S/C20H28Cl2N4O/c1-2-19-23-14-16(24-19)15-27-13-4-3-8-25-9-11-26(12-10-25)18-7-5-6-17(21)20(18)22/h5-7,14H,2-4,8-13,15H2,1H3,(H,23,24). The normalized spacial score (nSPS) is 15.4. The van der Waals surface area contributed by atoms with E-state index in [2.05, 4.69) is 26.7 Å². The van der Waals surface area contributed by atoms with E-state index in [0.717, 1.165) is 75.8 Å². The van der Waals surface area contributed by atoms with Gasteiger partial charge in [-0.3, -0.25) is 4.90 Å². The number of aryl methyl sites for hydroxylation is 1. The maximum atomic E-state index is 6.34. The number of ether oxygens (including phenoxy) is 1. The number of piperazine rings is 1. The summed E-state index contributed by atoms with van der Waals surface area (Å²) in [7, 11) is 0. The summed E-state index contributed by atoms with van der Waals surface area (Å²) >= 11 is 12.5. The van der Waals surface area contributed by atoms with Gasteiger partial charge in [0.1, 0.15) is 5.82 Å². The number of benzene rings is 1. The van der Waals surface area contributed by atoms with Crippen LogP contribution < -0.4 is 4.90 Å². The van der Waals surface area contributed by atoms with E-state index in [-0.39, 0.29) is 0 Å². The minimum absolute atomic E-state index is 0.617. The number of H-pyrrole nitrogens is 1. The van der Waals surface area contributed by atoms with Gasteiger partial charge in [0.15, 0.2) is 0 Å². The monoisotopic (exact) mass is 410 g/mol. The first-order valence-electron chi connectivity index (χ1n) is 9.69. The molecule has 1 N–H and O–H groups in total. The largest absolute Gasteiger partial charge is 0.375 e. The van der Waals surface area contributed by atoms with Crippen molar-refractivity contribution in [2.75, 3.05) is 44.2 Å². The predicted octanol–water partition coefficient (Wildman–Crippen LogP) is 4.40. The van der Waals surface area contributed by atoms with Crippen molar-refractivity contribution in [3.05, 3.63) is 46.0 Å². The first-order valence-corrected chi connectivity index (χ1v) is 10.4. The van der Waals surface area contributed by atoms with E-state index in [4.69, 9.17) is 27.9 Å². The van der Waals surface area contributed by atoms with E-state index in [1.807, 2.05) is 24.4 Å². The number of anilines is 1. The second-order valence-electron chi connectivity index (χ2n) is 6.87. The smallest absolute Gasteiger partial charge is 0.106 e. The van der Waals surface area contributed by atoms with Crippen molar-refractivity contribution in [1.29, 1.82) is 0 Å². The first kappa shape index (κ1) is 20.5. The number of hydrogen-bond acceptors (Lipinski definition) is 4. The van der Waals surface area contributed by atoms with Gasteiger partial charge in [-0.2, -0.15) is 0 Å². The molecular formula is C20H28Cl2N4O. The van der Waals surface area contributed by atoms with Crippen molar-refractivity contribution in [3.8, 4) is 0 Å². The van der Waals surface area contributed by atoms with Crippen molar-refractivity contribution in [2.24, 2.45) is 0 Å². The summed E-state index contributed by atoms with van der Waals surface area (Å²) in [6.07, 6.45) is 5.03. The van der Waals surface area contributed by atoms with Crippen LogP contribution in [0.3, 0.4) is 0 Å². The summed E-state index contributed by atoms with van der Waals surface area (Å²) in [6, 6.07) is 5.84. The average molecular weight is 411 g/mol. The third-order valence-electron chi connectivity index (χ3n) is 4.93. The fourth-order valence-corrected chi connectivity index (χ4v) is 3.74. The zero-order valence-corrected chi connectivity index (χ0v) is 17.4. The highest BCUT2D eigenvalue weighted by molar-refractivity contribution is 6.43. The Balaban J connectivity index is 1.29. The van der Waals surface area contributed by atoms with Crippen LogP contribution in [-0.2, 0) is 17.8 Å². The van der Waals surface area contributed by atoms with Gasteiger partial charge in [0.05, 0.1) is 34.2 Å². The summed E-state index contributed by atoms with van der Waals surface area (Å²) in [6.45, 7) is 8.68. The molecule has 2 heterocycles. The van der Waals surface area contributed by atoms with Crippen LogP contribution in [0.2, 0.25) is 10.0 Å².